The lowest BCUT2D eigenvalue weighted by Crippen LogP contribution is -2.19. The van der Waals surface area contributed by atoms with Crippen molar-refractivity contribution >= 4 is 65.6 Å². The molecule has 1 amide bonds. The van der Waals surface area contributed by atoms with E-state index in [4.69, 9.17) is 5.73 Å². The van der Waals surface area contributed by atoms with Gasteiger partial charge in [0.1, 0.15) is 5.75 Å². The Balaban J connectivity index is 2.16. The maximum atomic E-state index is 12.1. The van der Waals surface area contributed by atoms with E-state index < -0.39 is 5.91 Å². The lowest BCUT2D eigenvalue weighted by molar-refractivity contribution is 0.0956. The maximum absolute atomic E-state index is 12.1. The molecular weight excluding hydrogens is 482 g/mol. The summed E-state index contributed by atoms with van der Waals surface area (Å²) in [6.45, 7) is 0. The topological polar surface area (TPSA) is 87.7 Å². The van der Waals surface area contributed by atoms with Crippen molar-refractivity contribution < 1.29 is 9.90 Å². The number of carbonyl (C=O) groups is 1. The van der Waals surface area contributed by atoms with Crippen molar-refractivity contribution in [1.82, 2.24) is 5.43 Å². The van der Waals surface area contributed by atoms with E-state index in [9.17, 15) is 9.90 Å². The Morgan fingerprint density at radius 1 is 1.18 bits per heavy atom. The van der Waals surface area contributed by atoms with E-state index in [0.29, 0.717) is 20.2 Å². The van der Waals surface area contributed by atoms with Crippen LogP contribution in [0.5, 0.6) is 5.75 Å². The number of rotatable bonds is 3. The quantitative estimate of drug-likeness (QED) is 0.344. The van der Waals surface area contributed by atoms with Crippen molar-refractivity contribution in [3.8, 4) is 5.75 Å². The third kappa shape index (κ3) is 4.08. The summed E-state index contributed by atoms with van der Waals surface area (Å²) in [6, 6.07) is 8.24. The van der Waals surface area contributed by atoms with Gasteiger partial charge in [-0.05, 0) is 46.3 Å². The third-order valence-electron chi connectivity index (χ3n) is 2.70. The number of nitrogens with two attached hydrogens (primary N) is 1. The molecule has 0 fully saturated rings. The minimum atomic E-state index is -0.453. The lowest BCUT2D eigenvalue weighted by atomic mass is 10.2. The van der Waals surface area contributed by atoms with Crippen LogP contribution in [-0.2, 0) is 0 Å². The Labute approximate surface area is 152 Å². The summed E-state index contributed by atoms with van der Waals surface area (Å²) in [5.41, 5.74) is 9.30. The van der Waals surface area contributed by atoms with Gasteiger partial charge in [0.2, 0.25) is 0 Å². The highest BCUT2D eigenvalue weighted by Crippen LogP contribution is 2.28. The number of carbonyl (C=O) groups excluding carboxylic acids is 1. The van der Waals surface area contributed by atoms with Gasteiger partial charge in [0.05, 0.1) is 17.5 Å². The van der Waals surface area contributed by atoms with E-state index in [0.717, 1.165) is 4.47 Å². The summed E-state index contributed by atoms with van der Waals surface area (Å²) < 4.78 is 2.12. The van der Waals surface area contributed by atoms with E-state index in [1.807, 2.05) is 0 Å². The van der Waals surface area contributed by atoms with Crippen LogP contribution in [0.15, 0.2) is 48.9 Å². The molecule has 2 aromatic carbocycles. The van der Waals surface area contributed by atoms with Crippen LogP contribution in [0.25, 0.3) is 0 Å². The Bertz CT molecular complexity index is 763. The second-order valence-electron chi connectivity index (χ2n) is 4.25. The summed E-state index contributed by atoms with van der Waals surface area (Å²) in [6.07, 6.45) is 1.35. The molecule has 2 aromatic rings. The summed E-state index contributed by atoms with van der Waals surface area (Å²) in [5.74, 6) is -0.392. The van der Waals surface area contributed by atoms with Crippen LogP contribution >= 0.6 is 47.8 Å². The third-order valence-corrected chi connectivity index (χ3v) is 4.31. The fourth-order valence-electron chi connectivity index (χ4n) is 1.62. The molecule has 22 heavy (non-hydrogen) atoms. The summed E-state index contributed by atoms with van der Waals surface area (Å²) in [4.78, 5) is 12.1. The van der Waals surface area contributed by atoms with Gasteiger partial charge in [-0.3, -0.25) is 4.79 Å². The Morgan fingerprint density at radius 3 is 2.64 bits per heavy atom. The van der Waals surface area contributed by atoms with E-state index in [1.165, 1.54) is 12.3 Å². The molecule has 0 unspecified atom stereocenters. The number of hydrazone groups is 1. The fourth-order valence-corrected chi connectivity index (χ4v) is 3.23. The number of nitrogens with zero attached hydrogens (tertiary/aromatic N) is 1. The van der Waals surface area contributed by atoms with Crippen LogP contribution in [0.3, 0.4) is 0 Å². The molecular formula is C14H10Br3N3O2. The van der Waals surface area contributed by atoms with Crippen molar-refractivity contribution in [2.75, 3.05) is 5.73 Å². The number of hydrogen-bond acceptors (Lipinski definition) is 4. The van der Waals surface area contributed by atoms with Crippen molar-refractivity contribution in [3.63, 3.8) is 0 Å². The first-order valence-electron chi connectivity index (χ1n) is 5.95. The van der Waals surface area contributed by atoms with Gasteiger partial charge in [0.15, 0.2) is 0 Å². The predicted octanol–water partition coefficient (Wildman–Crippen LogP) is 4.03. The van der Waals surface area contributed by atoms with Crippen LogP contribution < -0.4 is 11.2 Å². The molecule has 5 nitrogen and oxygen atoms in total. The van der Waals surface area contributed by atoms with Crippen molar-refractivity contribution in [3.05, 3.63) is 54.9 Å². The second kappa shape index (κ2) is 7.26. The molecule has 0 atom stereocenters. The van der Waals surface area contributed by atoms with Gasteiger partial charge in [0.25, 0.3) is 5.91 Å². The maximum Gasteiger partial charge on any atom is 0.273 e. The minimum absolute atomic E-state index is 0.0610. The average Bonchev–Trinajstić information content (AvgIpc) is 2.46. The molecule has 4 N–H and O–H groups in total. The normalized spacial score (nSPS) is 10.9. The molecule has 0 saturated heterocycles. The SMILES string of the molecule is Nc1c(Br)cc(Br)cc1C(=O)N/N=C\c1cc(Br)ccc1O. The molecule has 0 aliphatic rings. The van der Waals surface area contributed by atoms with E-state index in [2.05, 4.69) is 58.3 Å². The van der Waals surface area contributed by atoms with E-state index >= 15 is 0 Å². The summed E-state index contributed by atoms with van der Waals surface area (Å²) in [7, 11) is 0. The number of anilines is 1. The second-order valence-corrected chi connectivity index (χ2v) is 6.94. The molecule has 2 rings (SSSR count). The van der Waals surface area contributed by atoms with Crippen molar-refractivity contribution in [2.45, 2.75) is 0 Å². The number of phenolic OH excluding ortho intramolecular Hbond substituents is 1. The lowest BCUT2D eigenvalue weighted by Gasteiger charge is -2.07. The molecule has 8 heteroatoms. The number of phenols is 1. The van der Waals surface area contributed by atoms with Gasteiger partial charge in [0, 0.05) is 19.0 Å². The smallest absolute Gasteiger partial charge is 0.273 e. The standard InChI is InChI=1S/C14H10Br3N3O2/c15-8-1-2-12(21)7(3-8)6-19-20-14(22)10-4-9(16)5-11(17)13(10)18/h1-6,21H,18H2,(H,20,22)/b19-6-. The largest absolute Gasteiger partial charge is 0.507 e. The zero-order valence-corrected chi connectivity index (χ0v) is 15.7. The number of benzene rings is 2. The molecule has 0 aromatic heterocycles. The van der Waals surface area contributed by atoms with Gasteiger partial charge in [-0.25, -0.2) is 5.43 Å². The average molecular weight is 492 g/mol. The van der Waals surface area contributed by atoms with Crippen molar-refractivity contribution in [2.24, 2.45) is 5.10 Å². The predicted molar refractivity (Wildman–Crippen MR) is 97.1 cm³/mol. The molecule has 0 bridgehead atoms. The van der Waals surface area contributed by atoms with Gasteiger partial charge in [-0.15, -0.1) is 0 Å². The highest BCUT2D eigenvalue weighted by molar-refractivity contribution is 9.11. The van der Waals surface area contributed by atoms with Gasteiger partial charge in [-0.1, -0.05) is 31.9 Å². The zero-order chi connectivity index (χ0) is 16.3. The number of aromatic hydroxyl groups is 1. The van der Waals surface area contributed by atoms with Crippen LogP contribution in [0, 0.1) is 0 Å². The number of nitrogen functional groups attached to an aromatic ring is 1. The first kappa shape index (κ1) is 17.0. The van der Waals surface area contributed by atoms with Crippen molar-refractivity contribution in [1.29, 1.82) is 0 Å². The number of hydrogen-bond donors (Lipinski definition) is 3. The highest BCUT2D eigenvalue weighted by Gasteiger charge is 2.12. The number of nitrogens with one attached hydrogen (secondary N) is 1. The number of amides is 1. The highest BCUT2D eigenvalue weighted by atomic mass is 79.9. The minimum Gasteiger partial charge on any atom is -0.507 e. The Kier molecular flexibility index (Phi) is 5.60. The summed E-state index contributed by atoms with van der Waals surface area (Å²) >= 11 is 9.86. The molecule has 0 radical (unpaired) electrons. The van der Waals surface area contributed by atoms with Gasteiger partial charge in [-0.2, -0.15) is 5.10 Å². The Morgan fingerprint density at radius 2 is 1.91 bits per heavy atom. The fraction of sp³-hybridized carbons (Fsp3) is 0. The molecule has 0 aliphatic carbocycles. The van der Waals surface area contributed by atoms with Crippen LogP contribution in [0.1, 0.15) is 15.9 Å². The summed E-state index contributed by atoms with van der Waals surface area (Å²) in [5, 5.41) is 13.5. The van der Waals surface area contributed by atoms with Crippen LogP contribution in [0.4, 0.5) is 5.69 Å². The van der Waals surface area contributed by atoms with Crippen LogP contribution in [-0.4, -0.2) is 17.2 Å². The first-order chi connectivity index (χ1) is 10.4. The van der Waals surface area contributed by atoms with Gasteiger partial charge < -0.3 is 10.8 Å². The number of halogens is 3. The molecule has 0 aliphatic heterocycles. The van der Waals surface area contributed by atoms with E-state index in [-0.39, 0.29) is 11.3 Å². The molecule has 0 saturated carbocycles. The monoisotopic (exact) mass is 489 g/mol. The first-order valence-corrected chi connectivity index (χ1v) is 8.33. The van der Waals surface area contributed by atoms with Gasteiger partial charge >= 0.3 is 0 Å². The van der Waals surface area contributed by atoms with E-state index in [1.54, 1.807) is 24.3 Å². The molecule has 0 heterocycles. The zero-order valence-electron chi connectivity index (χ0n) is 11.0. The Hall–Kier alpha value is -1.38. The molecule has 0 spiro atoms. The molecule has 114 valence electrons. The van der Waals surface area contributed by atoms with Crippen LogP contribution in [0.2, 0.25) is 0 Å².